The Balaban J connectivity index is 1.43. The molecule has 2 saturated heterocycles. The predicted molar refractivity (Wildman–Crippen MR) is 96.3 cm³/mol. The van der Waals surface area contributed by atoms with Crippen molar-refractivity contribution in [3.05, 3.63) is 23.9 Å². The molecule has 2 atom stereocenters. The SMILES string of the molecule is COc1cccc(CN2CCC3(CCCC3C(=O)N3CCCC3)C2)n1. The van der Waals surface area contributed by atoms with E-state index in [1.807, 2.05) is 12.1 Å². The molecule has 0 N–H and O–H groups in total. The number of nitrogens with zero attached hydrogens (tertiary/aromatic N) is 3. The lowest BCUT2D eigenvalue weighted by atomic mass is 9.76. The van der Waals surface area contributed by atoms with E-state index in [4.69, 9.17) is 4.74 Å². The molecule has 1 amide bonds. The molecule has 4 rings (SSSR count). The van der Waals surface area contributed by atoms with Crippen molar-refractivity contribution in [3.63, 3.8) is 0 Å². The number of carbonyl (C=O) groups is 1. The fourth-order valence-electron chi connectivity index (χ4n) is 5.18. The van der Waals surface area contributed by atoms with Gasteiger partial charge < -0.3 is 9.64 Å². The Labute approximate surface area is 150 Å². The fourth-order valence-corrected chi connectivity index (χ4v) is 5.18. The molecule has 0 radical (unpaired) electrons. The molecule has 3 heterocycles. The van der Waals surface area contributed by atoms with E-state index in [-0.39, 0.29) is 11.3 Å². The molecule has 2 aliphatic heterocycles. The van der Waals surface area contributed by atoms with Crippen LogP contribution >= 0.6 is 0 Å². The second-order valence-corrected chi connectivity index (χ2v) is 7.97. The third kappa shape index (κ3) is 3.26. The number of likely N-dealkylation sites (tertiary alicyclic amines) is 2. The van der Waals surface area contributed by atoms with E-state index in [2.05, 4.69) is 20.9 Å². The van der Waals surface area contributed by atoms with E-state index in [9.17, 15) is 4.79 Å². The summed E-state index contributed by atoms with van der Waals surface area (Å²) >= 11 is 0. The van der Waals surface area contributed by atoms with Crippen LogP contribution in [-0.2, 0) is 11.3 Å². The van der Waals surface area contributed by atoms with Gasteiger partial charge in [0.05, 0.1) is 12.8 Å². The molecular weight excluding hydrogens is 314 g/mol. The summed E-state index contributed by atoms with van der Waals surface area (Å²) in [5, 5.41) is 0. The van der Waals surface area contributed by atoms with E-state index in [0.29, 0.717) is 11.8 Å². The molecule has 1 aromatic rings. The van der Waals surface area contributed by atoms with Crippen LogP contribution < -0.4 is 4.74 Å². The number of pyridine rings is 1. The standard InChI is InChI=1S/C20H29N3O2/c1-25-18-8-4-6-16(21-18)14-22-13-10-20(15-22)9-5-7-17(20)19(24)23-11-2-3-12-23/h4,6,8,17H,2-3,5,7,9-15H2,1H3. The van der Waals surface area contributed by atoms with Crippen LogP contribution in [0.15, 0.2) is 18.2 Å². The van der Waals surface area contributed by atoms with Gasteiger partial charge in [0.15, 0.2) is 0 Å². The first-order valence-corrected chi connectivity index (χ1v) is 9.71. The van der Waals surface area contributed by atoms with Crippen LogP contribution in [0.2, 0.25) is 0 Å². The third-order valence-electron chi connectivity index (χ3n) is 6.46. The molecule has 3 fully saturated rings. The zero-order valence-corrected chi connectivity index (χ0v) is 15.2. The van der Waals surface area contributed by atoms with Crippen molar-refractivity contribution < 1.29 is 9.53 Å². The first kappa shape index (κ1) is 16.8. The van der Waals surface area contributed by atoms with Crippen molar-refractivity contribution in [1.82, 2.24) is 14.8 Å². The Morgan fingerprint density at radius 2 is 2.08 bits per heavy atom. The molecule has 3 aliphatic rings. The first-order chi connectivity index (χ1) is 12.2. The Kier molecular flexibility index (Phi) is 4.67. The Morgan fingerprint density at radius 3 is 2.88 bits per heavy atom. The van der Waals surface area contributed by atoms with Crippen LogP contribution in [0.1, 0.15) is 44.2 Å². The minimum Gasteiger partial charge on any atom is -0.481 e. The number of hydrogen-bond acceptors (Lipinski definition) is 4. The monoisotopic (exact) mass is 343 g/mol. The zero-order valence-electron chi connectivity index (χ0n) is 15.2. The quantitative estimate of drug-likeness (QED) is 0.843. The number of rotatable bonds is 4. The molecule has 5 nitrogen and oxygen atoms in total. The van der Waals surface area contributed by atoms with E-state index in [1.54, 1.807) is 7.11 Å². The topological polar surface area (TPSA) is 45.7 Å². The lowest BCUT2D eigenvalue weighted by Gasteiger charge is -2.33. The summed E-state index contributed by atoms with van der Waals surface area (Å²) in [5.74, 6) is 1.36. The maximum absolute atomic E-state index is 13.0. The van der Waals surface area contributed by atoms with Gasteiger partial charge in [-0.1, -0.05) is 12.5 Å². The number of ether oxygens (including phenoxy) is 1. The van der Waals surface area contributed by atoms with Crippen LogP contribution in [-0.4, -0.2) is 54.0 Å². The Hall–Kier alpha value is -1.62. The van der Waals surface area contributed by atoms with Crippen molar-refractivity contribution in [2.75, 3.05) is 33.3 Å². The van der Waals surface area contributed by atoms with Gasteiger partial charge in [-0.3, -0.25) is 9.69 Å². The first-order valence-electron chi connectivity index (χ1n) is 9.71. The number of methoxy groups -OCH3 is 1. The summed E-state index contributed by atoms with van der Waals surface area (Å²) in [6, 6.07) is 5.95. The number of carbonyl (C=O) groups excluding carboxylic acids is 1. The lowest BCUT2D eigenvalue weighted by Crippen LogP contribution is -2.42. The normalized spacial score (nSPS) is 29.6. The maximum Gasteiger partial charge on any atom is 0.226 e. The van der Waals surface area contributed by atoms with Gasteiger partial charge in [0, 0.05) is 38.2 Å². The second-order valence-electron chi connectivity index (χ2n) is 7.97. The number of amides is 1. The Bertz CT molecular complexity index is 629. The second kappa shape index (κ2) is 6.94. The molecule has 25 heavy (non-hydrogen) atoms. The lowest BCUT2D eigenvalue weighted by molar-refractivity contribution is -0.137. The van der Waals surface area contributed by atoms with E-state index >= 15 is 0 Å². The molecule has 136 valence electrons. The van der Waals surface area contributed by atoms with Gasteiger partial charge in [0.25, 0.3) is 0 Å². The van der Waals surface area contributed by atoms with Gasteiger partial charge in [0.1, 0.15) is 0 Å². The Morgan fingerprint density at radius 1 is 1.24 bits per heavy atom. The van der Waals surface area contributed by atoms with E-state index in [1.165, 1.54) is 25.7 Å². The van der Waals surface area contributed by atoms with Crippen molar-refractivity contribution in [1.29, 1.82) is 0 Å². The minimum atomic E-state index is 0.207. The van der Waals surface area contributed by atoms with Gasteiger partial charge >= 0.3 is 0 Å². The molecular formula is C20H29N3O2. The van der Waals surface area contributed by atoms with Crippen LogP contribution in [0, 0.1) is 11.3 Å². The number of aromatic nitrogens is 1. The van der Waals surface area contributed by atoms with Crippen molar-refractivity contribution in [2.24, 2.45) is 11.3 Å². The molecule has 0 bridgehead atoms. The average molecular weight is 343 g/mol. The van der Waals surface area contributed by atoms with Crippen LogP contribution in [0.3, 0.4) is 0 Å². The molecule has 1 saturated carbocycles. The van der Waals surface area contributed by atoms with Gasteiger partial charge in [-0.05, 0) is 50.1 Å². The molecule has 5 heteroatoms. The highest BCUT2D eigenvalue weighted by molar-refractivity contribution is 5.80. The van der Waals surface area contributed by atoms with Crippen molar-refractivity contribution in [3.8, 4) is 5.88 Å². The molecule has 2 unspecified atom stereocenters. The number of hydrogen-bond donors (Lipinski definition) is 0. The molecule has 1 aliphatic carbocycles. The van der Waals surface area contributed by atoms with Crippen molar-refractivity contribution in [2.45, 2.75) is 45.1 Å². The third-order valence-corrected chi connectivity index (χ3v) is 6.46. The summed E-state index contributed by atoms with van der Waals surface area (Å²) in [5.41, 5.74) is 1.26. The van der Waals surface area contributed by atoms with Crippen LogP contribution in [0.4, 0.5) is 0 Å². The van der Waals surface area contributed by atoms with Gasteiger partial charge in [-0.15, -0.1) is 0 Å². The predicted octanol–water partition coefficient (Wildman–Crippen LogP) is 2.70. The summed E-state index contributed by atoms with van der Waals surface area (Å²) in [6.07, 6.45) is 7.01. The van der Waals surface area contributed by atoms with Gasteiger partial charge in [0.2, 0.25) is 11.8 Å². The van der Waals surface area contributed by atoms with Crippen LogP contribution in [0.5, 0.6) is 5.88 Å². The highest BCUT2D eigenvalue weighted by Gasteiger charge is 2.51. The highest BCUT2D eigenvalue weighted by Crippen LogP contribution is 2.50. The summed E-state index contributed by atoms with van der Waals surface area (Å²) in [7, 11) is 1.66. The largest absolute Gasteiger partial charge is 0.481 e. The summed E-state index contributed by atoms with van der Waals surface area (Å²) < 4.78 is 5.24. The zero-order chi connectivity index (χ0) is 17.3. The van der Waals surface area contributed by atoms with Crippen molar-refractivity contribution >= 4 is 5.91 Å². The van der Waals surface area contributed by atoms with Gasteiger partial charge in [-0.25, -0.2) is 4.98 Å². The summed E-state index contributed by atoms with van der Waals surface area (Å²) in [6.45, 7) is 4.91. The minimum absolute atomic E-state index is 0.207. The maximum atomic E-state index is 13.0. The summed E-state index contributed by atoms with van der Waals surface area (Å²) in [4.78, 5) is 22.2. The smallest absolute Gasteiger partial charge is 0.226 e. The molecule has 1 aromatic heterocycles. The average Bonchev–Trinajstić information content (AvgIpc) is 3.37. The molecule has 1 spiro atoms. The van der Waals surface area contributed by atoms with Crippen LogP contribution in [0.25, 0.3) is 0 Å². The highest BCUT2D eigenvalue weighted by atomic mass is 16.5. The van der Waals surface area contributed by atoms with E-state index in [0.717, 1.165) is 51.3 Å². The molecule has 0 aromatic carbocycles. The van der Waals surface area contributed by atoms with Gasteiger partial charge in [-0.2, -0.15) is 0 Å². The fraction of sp³-hybridized carbons (Fsp3) is 0.700. The van der Waals surface area contributed by atoms with E-state index < -0.39 is 0 Å².